The van der Waals surface area contributed by atoms with Crippen LogP contribution in [0.5, 0.6) is 5.75 Å². The Balaban J connectivity index is 1.44. The molecule has 2 aromatic carbocycles. The summed E-state index contributed by atoms with van der Waals surface area (Å²) in [4.78, 5) is 19.5. The topological polar surface area (TPSA) is 71.3 Å². The lowest BCUT2D eigenvalue weighted by Crippen LogP contribution is -2.49. The second kappa shape index (κ2) is 7.95. The Labute approximate surface area is 224 Å². The van der Waals surface area contributed by atoms with Crippen molar-refractivity contribution in [3.05, 3.63) is 77.7 Å². The van der Waals surface area contributed by atoms with Gasteiger partial charge in [-0.15, -0.1) is 0 Å². The number of hydrogen-bond donors (Lipinski definition) is 1. The van der Waals surface area contributed by atoms with E-state index in [0.717, 1.165) is 28.5 Å². The first-order valence-electron chi connectivity index (χ1n) is 13.8. The van der Waals surface area contributed by atoms with Crippen LogP contribution < -0.4 is 0 Å². The standard InChI is InChI=1S/C33H34N4O/c1-31(2)17-24-27(21-9-7-15-34-18-21)36-30(35-19-25-23-10-6-5-8-20(23)11-12-26(25)38)37-28(24)29-32(3,4)22-13-14-33(29,31)16-22/h5-12,15,18-19,22,29,38H,13-14,16-17H2,1-4H3/b35-19+. The fourth-order valence-corrected chi connectivity index (χ4v) is 8.40. The van der Waals surface area contributed by atoms with E-state index < -0.39 is 0 Å². The Morgan fingerprint density at radius 2 is 1.84 bits per heavy atom. The molecule has 2 bridgehead atoms. The van der Waals surface area contributed by atoms with E-state index in [1.54, 1.807) is 18.5 Å². The smallest absolute Gasteiger partial charge is 0.250 e. The summed E-state index contributed by atoms with van der Waals surface area (Å²) in [7, 11) is 0. The molecule has 5 heteroatoms. The maximum absolute atomic E-state index is 10.7. The minimum atomic E-state index is 0.160. The summed E-state index contributed by atoms with van der Waals surface area (Å²) in [6, 6.07) is 15.7. The highest BCUT2D eigenvalue weighted by Gasteiger charge is 2.69. The molecule has 0 aliphatic heterocycles. The average Bonchev–Trinajstić information content (AvgIpc) is 3.45. The number of phenolic OH excluding ortho intramolecular Hbond substituents is 1. The first-order valence-corrected chi connectivity index (χ1v) is 13.8. The van der Waals surface area contributed by atoms with Crippen molar-refractivity contribution in [1.29, 1.82) is 0 Å². The normalized spacial score (nSPS) is 26.5. The van der Waals surface area contributed by atoms with Gasteiger partial charge in [0.15, 0.2) is 0 Å². The van der Waals surface area contributed by atoms with Crippen LogP contribution in [-0.4, -0.2) is 26.3 Å². The lowest BCUT2D eigenvalue weighted by molar-refractivity contribution is 0.00282. The van der Waals surface area contributed by atoms with Gasteiger partial charge >= 0.3 is 0 Å². The average molecular weight is 503 g/mol. The van der Waals surface area contributed by atoms with Gasteiger partial charge in [0, 0.05) is 41.2 Å². The molecule has 2 saturated carbocycles. The van der Waals surface area contributed by atoms with E-state index in [9.17, 15) is 5.11 Å². The number of hydrogen-bond acceptors (Lipinski definition) is 5. The Hall–Kier alpha value is -3.60. The molecule has 1 spiro atoms. The molecule has 2 heterocycles. The van der Waals surface area contributed by atoms with E-state index in [1.807, 2.05) is 42.6 Å². The van der Waals surface area contributed by atoms with Crippen molar-refractivity contribution in [2.24, 2.45) is 27.2 Å². The fourth-order valence-electron chi connectivity index (χ4n) is 8.40. The molecular weight excluding hydrogens is 468 g/mol. The Morgan fingerprint density at radius 1 is 1.00 bits per heavy atom. The van der Waals surface area contributed by atoms with Gasteiger partial charge in [0.25, 0.3) is 0 Å². The third kappa shape index (κ3) is 3.17. The number of benzene rings is 2. The molecule has 5 nitrogen and oxygen atoms in total. The SMILES string of the molecule is CC1(C)C2CCC3(C2)C1c1nc(/N=C/c2c(O)ccc4ccccc24)nc(-c2cccnc2)c1CC3(C)C. The Kier molecular flexibility index (Phi) is 4.92. The van der Waals surface area contributed by atoms with Gasteiger partial charge in [-0.3, -0.25) is 4.98 Å². The minimum Gasteiger partial charge on any atom is -0.507 e. The van der Waals surface area contributed by atoms with E-state index in [0.29, 0.717) is 23.3 Å². The van der Waals surface area contributed by atoms with Gasteiger partial charge in [0.1, 0.15) is 5.75 Å². The van der Waals surface area contributed by atoms with Crippen LogP contribution in [0.3, 0.4) is 0 Å². The molecule has 2 fully saturated rings. The van der Waals surface area contributed by atoms with Crippen LogP contribution in [0.1, 0.15) is 69.7 Å². The van der Waals surface area contributed by atoms with Gasteiger partial charge in [-0.1, -0.05) is 58.0 Å². The van der Waals surface area contributed by atoms with E-state index in [2.05, 4.69) is 38.7 Å². The highest BCUT2D eigenvalue weighted by Crippen LogP contribution is 2.77. The van der Waals surface area contributed by atoms with E-state index in [4.69, 9.17) is 15.0 Å². The van der Waals surface area contributed by atoms with Crippen molar-refractivity contribution >= 4 is 22.9 Å². The minimum absolute atomic E-state index is 0.160. The predicted molar refractivity (Wildman–Crippen MR) is 152 cm³/mol. The van der Waals surface area contributed by atoms with Crippen LogP contribution >= 0.6 is 0 Å². The number of fused-ring (bicyclic) bond motifs is 4. The van der Waals surface area contributed by atoms with Crippen molar-refractivity contribution in [3.63, 3.8) is 0 Å². The molecule has 3 atom stereocenters. The Morgan fingerprint density at radius 3 is 2.66 bits per heavy atom. The third-order valence-electron chi connectivity index (χ3n) is 10.4. The number of nitrogens with zero attached hydrogens (tertiary/aromatic N) is 4. The van der Waals surface area contributed by atoms with Crippen molar-refractivity contribution in [2.75, 3.05) is 0 Å². The summed E-state index contributed by atoms with van der Waals surface area (Å²) in [6.45, 7) is 9.85. The summed E-state index contributed by atoms with van der Waals surface area (Å²) in [6.07, 6.45) is 10.3. The quantitative estimate of drug-likeness (QED) is 0.292. The van der Waals surface area contributed by atoms with Gasteiger partial charge in [0.2, 0.25) is 5.95 Å². The summed E-state index contributed by atoms with van der Waals surface area (Å²) in [5.41, 5.74) is 5.65. The lowest BCUT2D eigenvalue weighted by atomic mass is 9.48. The van der Waals surface area contributed by atoms with Crippen molar-refractivity contribution in [1.82, 2.24) is 15.0 Å². The van der Waals surface area contributed by atoms with Gasteiger partial charge in [-0.2, -0.15) is 0 Å². The van der Waals surface area contributed by atoms with Crippen LogP contribution in [0.25, 0.3) is 22.0 Å². The molecule has 3 aliphatic rings. The molecule has 7 rings (SSSR count). The van der Waals surface area contributed by atoms with Crippen molar-refractivity contribution in [2.45, 2.75) is 59.3 Å². The molecule has 0 amide bonds. The van der Waals surface area contributed by atoms with Gasteiger partial charge in [0.05, 0.1) is 11.4 Å². The van der Waals surface area contributed by atoms with Crippen molar-refractivity contribution in [3.8, 4) is 17.0 Å². The molecule has 3 aliphatic carbocycles. The monoisotopic (exact) mass is 502 g/mol. The van der Waals surface area contributed by atoms with Gasteiger partial charge < -0.3 is 5.11 Å². The summed E-state index contributed by atoms with van der Waals surface area (Å²) in [5.74, 6) is 1.73. The van der Waals surface area contributed by atoms with E-state index >= 15 is 0 Å². The second-order valence-electron chi connectivity index (χ2n) is 12.9. The van der Waals surface area contributed by atoms with Crippen molar-refractivity contribution < 1.29 is 5.11 Å². The van der Waals surface area contributed by atoms with Gasteiger partial charge in [-0.05, 0) is 76.8 Å². The lowest BCUT2D eigenvalue weighted by Gasteiger charge is -2.55. The first-order chi connectivity index (χ1) is 18.2. The predicted octanol–water partition coefficient (Wildman–Crippen LogP) is 7.64. The zero-order valence-corrected chi connectivity index (χ0v) is 22.6. The zero-order chi connectivity index (χ0) is 26.3. The number of aliphatic imine (C=N–C) groups is 1. The van der Waals surface area contributed by atoms with E-state index in [1.165, 1.54) is 30.5 Å². The number of rotatable bonds is 3. The number of aromatic nitrogens is 3. The fraction of sp³-hybridized carbons (Fsp3) is 0.394. The van der Waals surface area contributed by atoms with Crippen LogP contribution in [0, 0.1) is 22.2 Å². The number of phenols is 1. The molecule has 38 heavy (non-hydrogen) atoms. The number of pyridine rings is 1. The molecule has 4 aromatic rings. The van der Waals surface area contributed by atoms with Gasteiger partial charge in [-0.25, -0.2) is 15.0 Å². The van der Waals surface area contributed by atoms with Crippen LogP contribution in [0.2, 0.25) is 0 Å². The van der Waals surface area contributed by atoms with Crippen LogP contribution in [0.15, 0.2) is 65.9 Å². The molecule has 1 N–H and O–H groups in total. The zero-order valence-electron chi connectivity index (χ0n) is 22.6. The summed E-state index contributed by atoms with van der Waals surface area (Å²) >= 11 is 0. The third-order valence-corrected chi connectivity index (χ3v) is 10.4. The molecule has 192 valence electrons. The number of aromatic hydroxyl groups is 1. The molecule has 3 unspecified atom stereocenters. The molecule has 2 aromatic heterocycles. The summed E-state index contributed by atoms with van der Waals surface area (Å²) < 4.78 is 0. The largest absolute Gasteiger partial charge is 0.507 e. The molecule has 0 radical (unpaired) electrons. The molecular formula is C33H34N4O. The maximum atomic E-state index is 10.7. The van der Waals surface area contributed by atoms with Crippen LogP contribution in [0.4, 0.5) is 5.95 Å². The first kappa shape index (κ1) is 23.5. The van der Waals surface area contributed by atoms with E-state index in [-0.39, 0.29) is 22.0 Å². The molecule has 0 saturated heterocycles. The highest BCUT2D eigenvalue weighted by atomic mass is 16.3. The van der Waals surface area contributed by atoms with Crippen LogP contribution in [-0.2, 0) is 6.42 Å². The highest BCUT2D eigenvalue weighted by molar-refractivity contribution is 6.02. The maximum Gasteiger partial charge on any atom is 0.250 e. The second-order valence-corrected chi connectivity index (χ2v) is 12.9. The summed E-state index contributed by atoms with van der Waals surface area (Å²) in [5, 5.41) is 12.7. The Bertz CT molecular complexity index is 1610.